The number of carbonyl (C=O) groups excluding carboxylic acids is 1. The summed E-state index contributed by atoms with van der Waals surface area (Å²) in [5.41, 5.74) is 2.45. The summed E-state index contributed by atoms with van der Waals surface area (Å²) in [6.45, 7) is 5.23. The highest BCUT2D eigenvalue weighted by Crippen LogP contribution is 2.25. The first-order chi connectivity index (χ1) is 13.2. The normalized spacial score (nSPS) is 11.3. The Kier molecular flexibility index (Phi) is 6.27. The van der Waals surface area contributed by atoms with Gasteiger partial charge in [0.15, 0.2) is 5.52 Å². The van der Waals surface area contributed by atoms with Gasteiger partial charge >= 0.3 is 5.97 Å². The molecule has 6 nitrogen and oxygen atoms in total. The van der Waals surface area contributed by atoms with Gasteiger partial charge in [0.2, 0.25) is 11.7 Å². The summed E-state index contributed by atoms with van der Waals surface area (Å²) in [5.74, 6) is 0.900. The number of imidazole rings is 1. The number of hydrogen-bond donors (Lipinski definition) is 0. The quantitative estimate of drug-likeness (QED) is 0.248. The number of unbranched alkanes of at least 4 members (excludes halogenated alkanes) is 2. The molecular formula is C21H27N3O3. The molecule has 3 aromatic rings. The molecule has 0 radical (unpaired) electrons. The van der Waals surface area contributed by atoms with E-state index in [2.05, 4.69) is 11.5 Å². The van der Waals surface area contributed by atoms with Crippen molar-refractivity contribution >= 4 is 27.9 Å². The summed E-state index contributed by atoms with van der Waals surface area (Å²) >= 11 is 0. The molecule has 0 saturated carbocycles. The molecule has 0 unspecified atom stereocenters. The molecule has 2 heterocycles. The van der Waals surface area contributed by atoms with E-state index >= 15 is 0 Å². The van der Waals surface area contributed by atoms with Crippen LogP contribution in [0.1, 0.15) is 51.8 Å². The summed E-state index contributed by atoms with van der Waals surface area (Å²) < 4.78 is 8.14. The lowest BCUT2D eigenvalue weighted by atomic mass is 10.1. The third-order valence-electron chi connectivity index (χ3n) is 4.75. The number of carbonyl (C=O) groups is 1. The van der Waals surface area contributed by atoms with Gasteiger partial charge in [-0.15, -0.1) is 0 Å². The van der Waals surface area contributed by atoms with Gasteiger partial charge in [-0.2, -0.15) is 4.73 Å². The van der Waals surface area contributed by atoms with Crippen molar-refractivity contribution < 1.29 is 14.3 Å². The lowest BCUT2D eigenvalue weighted by molar-refractivity contribution is -0.575. The van der Waals surface area contributed by atoms with Crippen molar-refractivity contribution in [2.45, 2.75) is 58.9 Å². The van der Waals surface area contributed by atoms with E-state index in [1.54, 1.807) is 6.20 Å². The van der Waals surface area contributed by atoms with E-state index in [1.807, 2.05) is 31.2 Å². The van der Waals surface area contributed by atoms with Crippen LogP contribution in [0.3, 0.4) is 0 Å². The van der Waals surface area contributed by atoms with Gasteiger partial charge in [-0.1, -0.05) is 25.5 Å². The third kappa shape index (κ3) is 4.21. The fourth-order valence-corrected chi connectivity index (χ4v) is 3.54. The van der Waals surface area contributed by atoms with Gasteiger partial charge in [0.1, 0.15) is 5.82 Å². The second-order valence-electron chi connectivity index (χ2n) is 6.75. The topological polar surface area (TPSA) is 71.1 Å². The molecule has 0 bridgehead atoms. The number of aryl methyl sites for hydroxylation is 2. The van der Waals surface area contributed by atoms with Crippen LogP contribution in [-0.4, -0.2) is 22.1 Å². The molecule has 144 valence electrons. The molecule has 6 heteroatoms. The minimum atomic E-state index is -0.122. The van der Waals surface area contributed by atoms with Crippen LogP contribution < -0.4 is 4.73 Å². The molecule has 0 aliphatic carbocycles. The van der Waals surface area contributed by atoms with E-state index in [1.165, 1.54) is 0 Å². The maximum Gasteiger partial charge on any atom is 0.305 e. The maximum absolute atomic E-state index is 12.3. The average molecular weight is 369 g/mol. The van der Waals surface area contributed by atoms with Crippen molar-refractivity contribution in [3.63, 3.8) is 0 Å². The van der Waals surface area contributed by atoms with Gasteiger partial charge < -0.3 is 14.5 Å². The number of aromatic nitrogens is 3. The second kappa shape index (κ2) is 8.84. The van der Waals surface area contributed by atoms with Crippen LogP contribution in [0.5, 0.6) is 0 Å². The molecule has 0 amide bonds. The third-order valence-corrected chi connectivity index (χ3v) is 4.75. The predicted octanol–water partition coefficient (Wildman–Crippen LogP) is 3.90. The molecule has 0 spiro atoms. The fourth-order valence-electron chi connectivity index (χ4n) is 3.54. The van der Waals surface area contributed by atoms with E-state index in [0.29, 0.717) is 18.5 Å². The number of hydrogen-bond acceptors (Lipinski definition) is 4. The van der Waals surface area contributed by atoms with Crippen LogP contribution in [0, 0.1) is 5.21 Å². The van der Waals surface area contributed by atoms with Crippen molar-refractivity contribution in [2.24, 2.45) is 0 Å². The van der Waals surface area contributed by atoms with E-state index < -0.39 is 0 Å². The van der Waals surface area contributed by atoms with Crippen LogP contribution in [-0.2, 0) is 22.5 Å². The number of pyridine rings is 1. The number of ether oxygens (including phenoxy) is 1. The number of benzene rings is 1. The Hall–Kier alpha value is -2.63. The Morgan fingerprint density at radius 3 is 2.81 bits per heavy atom. The first-order valence-corrected chi connectivity index (χ1v) is 9.81. The van der Waals surface area contributed by atoms with Gasteiger partial charge in [0.25, 0.3) is 0 Å². The van der Waals surface area contributed by atoms with Crippen molar-refractivity contribution in [2.75, 3.05) is 6.61 Å². The summed E-state index contributed by atoms with van der Waals surface area (Å²) in [5, 5.41) is 13.2. The van der Waals surface area contributed by atoms with Crippen molar-refractivity contribution in [1.29, 1.82) is 0 Å². The number of esters is 1. The maximum atomic E-state index is 12.3. The Labute approximate surface area is 159 Å². The monoisotopic (exact) mass is 369 g/mol. The Balaban J connectivity index is 1.83. The molecular weight excluding hydrogens is 342 g/mol. The minimum Gasteiger partial charge on any atom is -0.618 e. The molecule has 0 saturated heterocycles. The van der Waals surface area contributed by atoms with E-state index in [-0.39, 0.29) is 5.97 Å². The smallest absolute Gasteiger partial charge is 0.305 e. The molecule has 0 fully saturated rings. The molecule has 0 atom stereocenters. The van der Waals surface area contributed by atoms with Crippen molar-refractivity contribution in [3.05, 3.63) is 41.5 Å². The van der Waals surface area contributed by atoms with Crippen LogP contribution in [0.4, 0.5) is 0 Å². The largest absolute Gasteiger partial charge is 0.618 e. The molecule has 27 heavy (non-hydrogen) atoms. The highest BCUT2D eigenvalue weighted by molar-refractivity contribution is 6.00. The molecule has 2 aromatic heterocycles. The zero-order valence-electron chi connectivity index (χ0n) is 16.1. The van der Waals surface area contributed by atoms with E-state index in [0.717, 1.165) is 65.6 Å². The zero-order chi connectivity index (χ0) is 19.2. The lowest BCUT2D eigenvalue weighted by Gasteiger charge is -2.10. The van der Waals surface area contributed by atoms with Crippen molar-refractivity contribution in [1.82, 2.24) is 9.55 Å². The zero-order valence-corrected chi connectivity index (χ0v) is 16.1. The second-order valence-corrected chi connectivity index (χ2v) is 6.75. The lowest BCUT2D eigenvalue weighted by Crippen LogP contribution is -2.26. The Bertz CT molecular complexity index is 933. The van der Waals surface area contributed by atoms with Crippen LogP contribution in [0.25, 0.3) is 21.9 Å². The molecule has 3 rings (SSSR count). The molecule has 0 aliphatic rings. The molecule has 0 aliphatic heterocycles. The predicted molar refractivity (Wildman–Crippen MR) is 105 cm³/mol. The standard InChI is InChI=1S/C21H27N3O3/c1-3-10-19-22-17-15-24(26)18-12-8-7-11-16(18)21(17)23(19)14-9-5-6-13-20(25)27-4-2/h7-8,11-12,15H,3-6,9-10,13-14H2,1-2H3. The Morgan fingerprint density at radius 2 is 2.04 bits per heavy atom. The van der Waals surface area contributed by atoms with Crippen LogP contribution in [0.2, 0.25) is 0 Å². The fraction of sp³-hybridized carbons (Fsp3) is 0.476. The highest BCUT2D eigenvalue weighted by atomic mass is 16.5. The van der Waals surface area contributed by atoms with Crippen molar-refractivity contribution in [3.8, 4) is 0 Å². The minimum absolute atomic E-state index is 0.122. The first kappa shape index (κ1) is 19.1. The molecule has 0 N–H and O–H groups in total. The van der Waals surface area contributed by atoms with E-state index in [9.17, 15) is 10.0 Å². The number of fused-ring (bicyclic) bond motifs is 3. The highest BCUT2D eigenvalue weighted by Gasteiger charge is 2.17. The number of nitrogens with zero attached hydrogens (tertiary/aromatic N) is 3. The SMILES string of the molecule is CCCc1nc2c[n+]([O-])c3ccccc3c2n1CCCCCC(=O)OCC. The Morgan fingerprint density at radius 1 is 1.22 bits per heavy atom. The van der Waals surface area contributed by atoms with Gasteiger partial charge in [-0.25, -0.2) is 4.98 Å². The van der Waals surface area contributed by atoms with Gasteiger partial charge in [-0.05, 0) is 32.3 Å². The van der Waals surface area contributed by atoms with E-state index in [4.69, 9.17) is 9.72 Å². The first-order valence-electron chi connectivity index (χ1n) is 9.81. The van der Waals surface area contributed by atoms with Gasteiger partial charge in [0, 0.05) is 25.5 Å². The number of para-hydroxylation sites is 1. The molecule has 1 aromatic carbocycles. The summed E-state index contributed by atoms with van der Waals surface area (Å²) in [7, 11) is 0. The van der Waals surface area contributed by atoms with Crippen LogP contribution >= 0.6 is 0 Å². The summed E-state index contributed by atoms with van der Waals surface area (Å²) in [4.78, 5) is 16.2. The van der Waals surface area contributed by atoms with Gasteiger partial charge in [-0.3, -0.25) is 4.79 Å². The summed E-state index contributed by atoms with van der Waals surface area (Å²) in [6.07, 6.45) is 6.67. The number of rotatable bonds is 9. The van der Waals surface area contributed by atoms with Gasteiger partial charge in [0.05, 0.1) is 17.5 Å². The average Bonchev–Trinajstić information content (AvgIpc) is 2.99. The summed E-state index contributed by atoms with van der Waals surface area (Å²) in [6, 6.07) is 7.67. The van der Waals surface area contributed by atoms with Crippen LogP contribution in [0.15, 0.2) is 30.5 Å².